The van der Waals surface area contributed by atoms with Crippen LogP contribution in [0, 0.1) is 13.8 Å². The minimum atomic E-state index is 0.138. The number of carbonyl (C=O) groups is 1. The number of aromatic nitrogens is 1. The van der Waals surface area contributed by atoms with E-state index >= 15 is 0 Å². The molecule has 2 aromatic rings. The second kappa shape index (κ2) is 5.74. The predicted octanol–water partition coefficient (Wildman–Crippen LogP) is 3.16. The number of amides is 1. The first-order valence-corrected chi connectivity index (χ1v) is 6.54. The van der Waals surface area contributed by atoms with E-state index in [1.54, 1.807) is 4.90 Å². The van der Waals surface area contributed by atoms with Crippen LogP contribution in [0.5, 0.6) is 0 Å². The Labute approximate surface area is 114 Å². The van der Waals surface area contributed by atoms with Crippen LogP contribution in [0.4, 0.5) is 5.69 Å². The average Bonchev–Trinajstić information content (AvgIpc) is 2.75. The van der Waals surface area contributed by atoms with Gasteiger partial charge in [-0.2, -0.15) is 0 Å². The van der Waals surface area contributed by atoms with Gasteiger partial charge in [-0.05, 0) is 38.1 Å². The molecule has 2 rings (SSSR count). The summed E-state index contributed by atoms with van der Waals surface area (Å²) in [6.45, 7) is 4.87. The van der Waals surface area contributed by atoms with Crippen LogP contribution in [-0.4, -0.2) is 17.5 Å². The highest BCUT2D eigenvalue weighted by Gasteiger charge is 2.11. The third-order valence-corrected chi connectivity index (χ3v) is 3.48. The van der Waals surface area contributed by atoms with Crippen molar-refractivity contribution >= 4 is 11.6 Å². The number of hydrogen-bond acceptors (Lipinski definition) is 1. The number of carbonyl (C=O) groups excluding carboxylic acids is 1. The van der Waals surface area contributed by atoms with Crippen LogP contribution >= 0.6 is 0 Å². The highest BCUT2D eigenvalue weighted by molar-refractivity contribution is 5.92. The van der Waals surface area contributed by atoms with E-state index in [0.29, 0.717) is 6.42 Å². The molecule has 0 fully saturated rings. The Bertz CT molecular complexity index is 538. The second-order valence-electron chi connectivity index (χ2n) is 4.81. The smallest absolute Gasteiger partial charge is 0.228 e. The number of rotatable bonds is 4. The zero-order valence-corrected chi connectivity index (χ0v) is 11.8. The van der Waals surface area contributed by atoms with E-state index in [1.165, 1.54) is 11.4 Å². The SMILES string of the molecule is Cc1ccc(C)n1CCC(=O)N(C)c1ccccc1. The Balaban J connectivity index is 1.99. The Morgan fingerprint density at radius 1 is 1.05 bits per heavy atom. The fourth-order valence-electron chi connectivity index (χ4n) is 2.22. The first kappa shape index (κ1) is 13.4. The van der Waals surface area contributed by atoms with Crippen molar-refractivity contribution < 1.29 is 4.79 Å². The lowest BCUT2D eigenvalue weighted by molar-refractivity contribution is -0.118. The summed E-state index contributed by atoms with van der Waals surface area (Å²) in [5, 5.41) is 0. The third kappa shape index (κ3) is 3.05. The molecule has 100 valence electrons. The zero-order valence-electron chi connectivity index (χ0n) is 11.8. The van der Waals surface area contributed by atoms with Crippen molar-refractivity contribution in [3.05, 3.63) is 53.9 Å². The maximum atomic E-state index is 12.2. The molecule has 0 N–H and O–H groups in total. The molecular formula is C16H20N2O. The van der Waals surface area contributed by atoms with Gasteiger partial charge in [-0.1, -0.05) is 18.2 Å². The van der Waals surface area contributed by atoms with Crippen LogP contribution in [0.2, 0.25) is 0 Å². The quantitative estimate of drug-likeness (QED) is 0.825. The lowest BCUT2D eigenvalue weighted by Gasteiger charge is -2.18. The molecule has 0 aliphatic carbocycles. The number of para-hydroxylation sites is 1. The van der Waals surface area contributed by atoms with Crippen molar-refractivity contribution in [3.8, 4) is 0 Å². The second-order valence-corrected chi connectivity index (χ2v) is 4.81. The summed E-state index contributed by atoms with van der Waals surface area (Å²) in [6.07, 6.45) is 0.516. The Hall–Kier alpha value is -2.03. The van der Waals surface area contributed by atoms with Gasteiger partial charge in [0, 0.05) is 37.1 Å². The maximum absolute atomic E-state index is 12.2. The number of anilines is 1. The highest BCUT2D eigenvalue weighted by Crippen LogP contribution is 2.13. The van der Waals surface area contributed by atoms with Crippen molar-refractivity contribution in [2.45, 2.75) is 26.8 Å². The van der Waals surface area contributed by atoms with Crippen molar-refractivity contribution in [2.75, 3.05) is 11.9 Å². The molecule has 1 heterocycles. The molecular weight excluding hydrogens is 236 g/mol. The summed E-state index contributed by atoms with van der Waals surface area (Å²) >= 11 is 0. The Morgan fingerprint density at radius 3 is 2.21 bits per heavy atom. The minimum absolute atomic E-state index is 0.138. The molecule has 0 atom stereocenters. The molecule has 0 radical (unpaired) electrons. The predicted molar refractivity (Wildman–Crippen MR) is 78.4 cm³/mol. The van der Waals surface area contributed by atoms with Gasteiger partial charge in [0.2, 0.25) is 5.91 Å². The topological polar surface area (TPSA) is 25.2 Å². The molecule has 0 aliphatic heterocycles. The highest BCUT2D eigenvalue weighted by atomic mass is 16.2. The van der Waals surface area contributed by atoms with Crippen LogP contribution < -0.4 is 4.90 Å². The van der Waals surface area contributed by atoms with Crippen LogP contribution in [-0.2, 0) is 11.3 Å². The van der Waals surface area contributed by atoms with Gasteiger partial charge in [-0.25, -0.2) is 0 Å². The molecule has 1 aromatic heterocycles. The molecule has 19 heavy (non-hydrogen) atoms. The lowest BCUT2D eigenvalue weighted by Crippen LogP contribution is -2.27. The number of hydrogen-bond donors (Lipinski definition) is 0. The molecule has 0 saturated carbocycles. The van der Waals surface area contributed by atoms with E-state index in [1.807, 2.05) is 37.4 Å². The number of benzene rings is 1. The summed E-state index contributed by atoms with van der Waals surface area (Å²) in [5.41, 5.74) is 3.34. The third-order valence-electron chi connectivity index (χ3n) is 3.48. The van der Waals surface area contributed by atoms with E-state index in [4.69, 9.17) is 0 Å². The molecule has 1 amide bonds. The first-order valence-electron chi connectivity index (χ1n) is 6.54. The van der Waals surface area contributed by atoms with Gasteiger partial charge in [0.25, 0.3) is 0 Å². The minimum Gasteiger partial charge on any atom is -0.349 e. The summed E-state index contributed by atoms with van der Waals surface area (Å²) in [4.78, 5) is 13.9. The Morgan fingerprint density at radius 2 is 1.63 bits per heavy atom. The number of aryl methyl sites for hydroxylation is 2. The Kier molecular flexibility index (Phi) is 4.05. The largest absolute Gasteiger partial charge is 0.349 e. The maximum Gasteiger partial charge on any atom is 0.228 e. The van der Waals surface area contributed by atoms with E-state index < -0.39 is 0 Å². The van der Waals surface area contributed by atoms with Gasteiger partial charge in [-0.15, -0.1) is 0 Å². The molecule has 1 aromatic carbocycles. The van der Waals surface area contributed by atoms with Crippen molar-refractivity contribution in [1.82, 2.24) is 4.57 Å². The van der Waals surface area contributed by atoms with Crippen molar-refractivity contribution in [1.29, 1.82) is 0 Å². The van der Waals surface area contributed by atoms with Crippen LogP contribution in [0.3, 0.4) is 0 Å². The monoisotopic (exact) mass is 256 g/mol. The average molecular weight is 256 g/mol. The van der Waals surface area contributed by atoms with Crippen LogP contribution in [0.1, 0.15) is 17.8 Å². The van der Waals surface area contributed by atoms with E-state index in [2.05, 4.69) is 30.5 Å². The number of nitrogens with zero attached hydrogens (tertiary/aromatic N) is 2. The van der Waals surface area contributed by atoms with Gasteiger partial charge in [0.1, 0.15) is 0 Å². The molecule has 0 saturated heterocycles. The summed E-state index contributed by atoms with van der Waals surface area (Å²) in [6, 6.07) is 13.9. The van der Waals surface area contributed by atoms with Crippen LogP contribution in [0.15, 0.2) is 42.5 Å². The molecule has 3 nitrogen and oxygen atoms in total. The fourth-order valence-corrected chi connectivity index (χ4v) is 2.22. The van der Waals surface area contributed by atoms with Crippen molar-refractivity contribution in [2.24, 2.45) is 0 Å². The summed E-state index contributed by atoms with van der Waals surface area (Å²) < 4.78 is 2.18. The zero-order chi connectivity index (χ0) is 13.8. The fraction of sp³-hybridized carbons (Fsp3) is 0.312. The standard InChI is InChI=1S/C16H20N2O/c1-13-9-10-14(2)18(13)12-11-16(19)17(3)15-7-5-4-6-8-15/h4-10H,11-12H2,1-3H3. The molecule has 3 heteroatoms. The van der Waals surface area contributed by atoms with Gasteiger partial charge in [0.05, 0.1) is 0 Å². The van der Waals surface area contributed by atoms with E-state index in [9.17, 15) is 4.79 Å². The summed E-state index contributed by atoms with van der Waals surface area (Å²) in [5.74, 6) is 0.138. The van der Waals surface area contributed by atoms with Gasteiger partial charge in [-0.3, -0.25) is 4.79 Å². The van der Waals surface area contributed by atoms with Gasteiger partial charge >= 0.3 is 0 Å². The normalized spacial score (nSPS) is 10.5. The molecule has 0 aliphatic rings. The molecule has 0 spiro atoms. The summed E-state index contributed by atoms with van der Waals surface area (Å²) in [7, 11) is 1.83. The van der Waals surface area contributed by atoms with Gasteiger partial charge < -0.3 is 9.47 Å². The van der Waals surface area contributed by atoms with Gasteiger partial charge in [0.15, 0.2) is 0 Å². The van der Waals surface area contributed by atoms with Crippen molar-refractivity contribution in [3.63, 3.8) is 0 Å². The van der Waals surface area contributed by atoms with E-state index in [-0.39, 0.29) is 5.91 Å². The van der Waals surface area contributed by atoms with Crippen LogP contribution in [0.25, 0.3) is 0 Å². The molecule has 0 bridgehead atoms. The van der Waals surface area contributed by atoms with E-state index in [0.717, 1.165) is 12.2 Å². The first-order chi connectivity index (χ1) is 9.09. The molecule has 0 unspecified atom stereocenters. The lowest BCUT2D eigenvalue weighted by atomic mass is 10.2.